The smallest absolute Gasteiger partial charge is 0.360 e. The molecule has 1 rings (SSSR count). The summed E-state index contributed by atoms with van der Waals surface area (Å²) in [5.41, 5.74) is -0.659. The van der Waals surface area contributed by atoms with Crippen molar-refractivity contribution >= 4 is 0 Å². The number of hydrogen-bond acceptors (Lipinski definition) is 2. The number of nitrogens with zero attached hydrogens (tertiary/aromatic N) is 1. The van der Waals surface area contributed by atoms with Crippen LogP contribution < -0.4 is 5.32 Å². The Bertz CT molecular complexity index is 220. The van der Waals surface area contributed by atoms with Crippen LogP contribution in [0.1, 0.15) is 20.8 Å². The average Bonchev–Trinajstić information content (AvgIpc) is 2.29. The molecule has 0 saturated heterocycles. The zero-order valence-corrected chi connectivity index (χ0v) is 7.81. The van der Waals surface area contributed by atoms with Crippen molar-refractivity contribution in [3.8, 4) is 0 Å². The number of alkyl halides is 3. The lowest BCUT2D eigenvalue weighted by Crippen LogP contribution is -2.38. The third kappa shape index (κ3) is 2.08. The molecule has 0 radical (unpaired) electrons. The van der Waals surface area contributed by atoms with Crippen molar-refractivity contribution in [3.05, 3.63) is 11.9 Å². The summed E-state index contributed by atoms with van der Waals surface area (Å²) in [5, 5.41) is 2.39. The molecule has 0 spiro atoms. The first-order chi connectivity index (χ1) is 5.82. The summed E-state index contributed by atoms with van der Waals surface area (Å²) < 4.78 is 36.6. The lowest BCUT2D eigenvalue weighted by atomic mass is 10.3. The summed E-state index contributed by atoms with van der Waals surface area (Å²) in [6, 6.07) is 0.0716. The van der Waals surface area contributed by atoms with E-state index in [9.17, 15) is 13.2 Å². The van der Waals surface area contributed by atoms with E-state index in [1.54, 1.807) is 11.8 Å². The molecule has 0 amide bonds. The molecule has 1 unspecified atom stereocenters. The van der Waals surface area contributed by atoms with Gasteiger partial charge in [-0.15, -0.1) is 0 Å². The fourth-order valence-corrected chi connectivity index (χ4v) is 1.35. The standard InChI is InChI=1S/C8H13F3N2/c1-5(2)13-4-7(8(9,10)11)12-6(13)3/h4-6,12H,1-3H3. The summed E-state index contributed by atoms with van der Waals surface area (Å²) >= 11 is 0. The van der Waals surface area contributed by atoms with Crippen molar-refractivity contribution in [1.82, 2.24) is 10.2 Å². The van der Waals surface area contributed by atoms with Crippen LogP contribution in [0.3, 0.4) is 0 Å². The molecule has 1 aliphatic rings. The third-order valence-electron chi connectivity index (χ3n) is 1.99. The number of halogens is 3. The van der Waals surface area contributed by atoms with Gasteiger partial charge in [-0.2, -0.15) is 13.2 Å². The molecule has 0 fully saturated rings. The van der Waals surface area contributed by atoms with E-state index in [0.717, 1.165) is 6.20 Å². The van der Waals surface area contributed by atoms with Crippen LogP contribution in [0.2, 0.25) is 0 Å². The molecule has 0 aromatic heterocycles. The molecule has 2 nitrogen and oxygen atoms in total. The van der Waals surface area contributed by atoms with Gasteiger partial charge in [0, 0.05) is 12.2 Å². The van der Waals surface area contributed by atoms with E-state index < -0.39 is 11.9 Å². The summed E-state index contributed by atoms with van der Waals surface area (Å²) in [7, 11) is 0. The van der Waals surface area contributed by atoms with E-state index in [1.807, 2.05) is 13.8 Å². The van der Waals surface area contributed by atoms with Crippen molar-refractivity contribution in [2.45, 2.75) is 39.2 Å². The molecule has 1 aliphatic heterocycles. The van der Waals surface area contributed by atoms with Crippen LogP contribution in [0.4, 0.5) is 13.2 Å². The van der Waals surface area contributed by atoms with Gasteiger partial charge in [0.2, 0.25) is 0 Å². The molecule has 13 heavy (non-hydrogen) atoms. The van der Waals surface area contributed by atoms with Gasteiger partial charge in [-0.1, -0.05) is 0 Å². The number of hydrogen-bond donors (Lipinski definition) is 1. The minimum Gasteiger partial charge on any atom is -0.360 e. The number of nitrogens with one attached hydrogen (secondary N) is 1. The molecule has 1 N–H and O–H groups in total. The van der Waals surface area contributed by atoms with Crippen molar-refractivity contribution in [2.75, 3.05) is 0 Å². The quantitative estimate of drug-likeness (QED) is 0.687. The van der Waals surface area contributed by atoms with E-state index in [4.69, 9.17) is 0 Å². The molecule has 1 atom stereocenters. The van der Waals surface area contributed by atoms with Crippen molar-refractivity contribution < 1.29 is 13.2 Å². The molecule has 76 valence electrons. The Kier molecular flexibility index (Phi) is 2.45. The number of allylic oxidation sites excluding steroid dienone is 1. The molecular weight excluding hydrogens is 181 g/mol. The fourth-order valence-electron chi connectivity index (χ4n) is 1.35. The SMILES string of the molecule is CC(C)N1C=C(C(F)(F)F)NC1C. The first-order valence-electron chi connectivity index (χ1n) is 4.15. The van der Waals surface area contributed by atoms with Crippen LogP contribution in [0.15, 0.2) is 11.9 Å². The summed E-state index contributed by atoms with van der Waals surface area (Å²) in [6.45, 7) is 5.41. The van der Waals surface area contributed by atoms with Crippen LogP contribution in [0, 0.1) is 0 Å². The maximum Gasteiger partial charge on any atom is 0.432 e. The topological polar surface area (TPSA) is 15.3 Å². The highest BCUT2D eigenvalue weighted by molar-refractivity contribution is 5.13. The van der Waals surface area contributed by atoms with E-state index >= 15 is 0 Å². The summed E-state index contributed by atoms with van der Waals surface area (Å²) in [6.07, 6.45) is -3.41. The Morgan fingerprint density at radius 3 is 2.23 bits per heavy atom. The molecular formula is C8H13F3N2. The normalized spacial score (nSPS) is 23.5. The van der Waals surface area contributed by atoms with Gasteiger partial charge in [-0.05, 0) is 20.8 Å². The second kappa shape index (κ2) is 3.12. The Hall–Kier alpha value is -0.870. The minimum absolute atomic E-state index is 0.0716. The van der Waals surface area contributed by atoms with Crippen molar-refractivity contribution in [1.29, 1.82) is 0 Å². The van der Waals surface area contributed by atoms with Crippen molar-refractivity contribution in [2.24, 2.45) is 0 Å². The second-order valence-corrected chi connectivity index (χ2v) is 3.40. The highest BCUT2D eigenvalue weighted by Crippen LogP contribution is 2.28. The van der Waals surface area contributed by atoms with Gasteiger partial charge in [0.05, 0.1) is 6.17 Å². The van der Waals surface area contributed by atoms with Gasteiger partial charge < -0.3 is 10.2 Å². The fraction of sp³-hybridized carbons (Fsp3) is 0.750. The molecule has 0 aromatic rings. The zero-order chi connectivity index (χ0) is 10.2. The molecule has 0 saturated carbocycles. The molecule has 0 aliphatic carbocycles. The summed E-state index contributed by atoms with van der Waals surface area (Å²) in [4.78, 5) is 1.64. The minimum atomic E-state index is -4.27. The average molecular weight is 194 g/mol. The second-order valence-electron chi connectivity index (χ2n) is 3.40. The Labute approximate surface area is 75.4 Å². The van der Waals surface area contributed by atoms with E-state index in [2.05, 4.69) is 5.32 Å². The highest BCUT2D eigenvalue weighted by atomic mass is 19.4. The molecule has 5 heteroatoms. The van der Waals surface area contributed by atoms with Gasteiger partial charge in [-0.3, -0.25) is 0 Å². The first-order valence-corrected chi connectivity index (χ1v) is 4.15. The molecule has 1 heterocycles. The van der Waals surface area contributed by atoms with Crippen molar-refractivity contribution in [3.63, 3.8) is 0 Å². The van der Waals surface area contributed by atoms with Gasteiger partial charge >= 0.3 is 6.18 Å². The summed E-state index contributed by atoms with van der Waals surface area (Å²) in [5.74, 6) is 0. The predicted octanol–water partition coefficient (Wildman–Crippen LogP) is 2.05. The van der Waals surface area contributed by atoms with Gasteiger partial charge in [-0.25, -0.2) is 0 Å². The Morgan fingerprint density at radius 2 is 2.00 bits per heavy atom. The van der Waals surface area contributed by atoms with Gasteiger partial charge in [0.25, 0.3) is 0 Å². The first kappa shape index (κ1) is 10.2. The van der Waals surface area contributed by atoms with Crippen LogP contribution >= 0.6 is 0 Å². The maximum absolute atomic E-state index is 12.2. The molecule has 0 aromatic carbocycles. The monoisotopic (exact) mass is 194 g/mol. The van der Waals surface area contributed by atoms with E-state index in [-0.39, 0.29) is 12.2 Å². The Morgan fingerprint density at radius 1 is 1.46 bits per heavy atom. The van der Waals surface area contributed by atoms with Gasteiger partial charge in [0.15, 0.2) is 0 Å². The van der Waals surface area contributed by atoms with Crippen LogP contribution in [-0.4, -0.2) is 23.3 Å². The van der Waals surface area contributed by atoms with Crippen LogP contribution in [-0.2, 0) is 0 Å². The number of rotatable bonds is 1. The third-order valence-corrected chi connectivity index (χ3v) is 1.99. The highest BCUT2D eigenvalue weighted by Gasteiger charge is 2.39. The van der Waals surface area contributed by atoms with Gasteiger partial charge in [0.1, 0.15) is 5.70 Å². The van der Waals surface area contributed by atoms with Crippen LogP contribution in [0.25, 0.3) is 0 Å². The molecule has 0 bridgehead atoms. The predicted molar refractivity (Wildman–Crippen MR) is 43.7 cm³/mol. The largest absolute Gasteiger partial charge is 0.432 e. The van der Waals surface area contributed by atoms with E-state index in [1.165, 1.54) is 0 Å². The zero-order valence-electron chi connectivity index (χ0n) is 7.81. The van der Waals surface area contributed by atoms with Crippen LogP contribution in [0.5, 0.6) is 0 Å². The lowest BCUT2D eigenvalue weighted by Gasteiger charge is -2.25. The maximum atomic E-state index is 12.2. The van der Waals surface area contributed by atoms with E-state index in [0.29, 0.717) is 0 Å². The lowest BCUT2D eigenvalue weighted by molar-refractivity contribution is -0.0962. The Balaban J connectivity index is 2.78.